The van der Waals surface area contributed by atoms with Crippen LogP contribution in [0.4, 0.5) is 0 Å². The lowest BCUT2D eigenvalue weighted by atomic mass is 10.0. The third-order valence-corrected chi connectivity index (χ3v) is 3.47. The lowest BCUT2D eigenvalue weighted by Gasteiger charge is -1.99. The zero-order valence-electron chi connectivity index (χ0n) is 11.1. The van der Waals surface area contributed by atoms with E-state index in [2.05, 4.69) is 58.4 Å². The number of benzene rings is 2. The van der Waals surface area contributed by atoms with E-state index >= 15 is 0 Å². The summed E-state index contributed by atoms with van der Waals surface area (Å²) >= 11 is 0. The van der Waals surface area contributed by atoms with E-state index in [4.69, 9.17) is 5.21 Å². The molecular weight excluding hydrogens is 248 g/mol. The second-order valence-electron chi connectivity index (χ2n) is 4.78. The smallest absolute Gasteiger partial charge is 0.0633 e. The topological polar surface area (TPSA) is 37.5 Å². The number of aromatic nitrogens is 1. The predicted octanol–water partition coefficient (Wildman–Crippen LogP) is 3.69. The summed E-state index contributed by atoms with van der Waals surface area (Å²) < 4.78 is 2.10. The van der Waals surface area contributed by atoms with Crippen LogP contribution in [0.1, 0.15) is 11.1 Å². The summed E-state index contributed by atoms with van der Waals surface area (Å²) in [5.41, 5.74) is 3.75. The summed E-state index contributed by atoms with van der Waals surface area (Å²) in [6, 6.07) is 18.8. The number of oxime groups is 1. The Morgan fingerprint density at radius 1 is 1.00 bits per heavy atom. The Morgan fingerprint density at radius 3 is 2.55 bits per heavy atom. The summed E-state index contributed by atoms with van der Waals surface area (Å²) in [7, 11) is 0. The van der Waals surface area contributed by atoms with Crippen LogP contribution in [0.15, 0.2) is 65.9 Å². The monoisotopic (exact) mass is 264 g/mol. The second-order valence-corrected chi connectivity index (χ2v) is 4.78. The Bertz CT molecular complexity index is 729. The number of fused-ring (bicyclic) bond motifs is 1. The first-order chi connectivity index (χ1) is 9.88. The molecule has 2 aromatic carbocycles. The highest BCUT2D eigenvalue weighted by Crippen LogP contribution is 2.23. The fourth-order valence-electron chi connectivity index (χ4n) is 2.56. The van der Waals surface area contributed by atoms with E-state index in [9.17, 15) is 0 Å². The summed E-state index contributed by atoms with van der Waals surface area (Å²) in [5.74, 6) is 0. The molecule has 0 spiro atoms. The van der Waals surface area contributed by atoms with Gasteiger partial charge in [0.1, 0.15) is 0 Å². The zero-order chi connectivity index (χ0) is 13.8. The second kappa shape index (κ2) is 5.61. The van der Waals surface area contributed by atoms with Gasteiger partial charge in [0.2, 0.25) is 0 Å². The van der Waals surface area contributed by atoms with Gasteiger partial charge in [-0.05, 0) is 23.6 Å². The highest BCUT2D eigenvalue weighted by atomic mass is 16.4. The van der Waals surface area contributed by atoms with Gasteiger partial charge in [-0.25, -0.2) is 0 Å². The van der Waals surface area contributed by atoms with Crippen molar-refractivity contribution in [3.05, 3.63) is 71.9 Å². The minimum Gasteiger partial charge on any atom is -0.411 e. The van der Waals surface area contributed by atoms with E-state index in [1.807, 2.05) is 12.1 Å². The largest absolute Gasteiger partial charge is 0.411 e. The van der Waals surface area contributed by atoms with Crippen LogP contribution in [0.3, 0.4) is 0 Å². The Morgan fingerprint density at radius 2 is 1.75 bits per heavy atom. The van der Waals surface area contributed by atoms with E-state index in [-0.39, 0.29) is 0 Å². The molecule has 0 unspecified atom stereocenters. The summed E-state index contributed by atoms with van der Waals surface area (Å²) in [6.45, 7) is 0.575. The van der Waals surface area contributed by atoms with Crippen LogP contribution >= 0.6 is 0 Å². The molecule has 3 nitrogen and oxygen atoms in total. The number of nitrogens with zero attached hydrogens (tertiary/aromatic N) is 2. The molecule has 0 bridgehead atoms. The highest BCUT2D eigenvalue weighted by molar-refractivity contribution is 5.85. The number of hydrogen-bond donors (Lipinski definition) is 1. The van der Waals surface area contributed by atoms with Gasteiger partial charge in [0.15, 0.2) is 0 Å². The molecule has 1 heterocycles. The molecule has 1 N–H and O–H groups in total. The third kappa shape index (κ3) is 2.43. The van der Waals surface area contributed by atoms with Crippen molar-refractivity contribution in [2.75, 3.05) is 0 Å². The third-order valence-electron chi connectivity index (χ3n) is 3.47. The van der Waals surface area contributed by atoms with Gasteiger partial charge < -0.3 is 9.77 Å². The van der Waals surface area contributed by atoms with E-state index in [1.165, 1.54) is 28.2 Å². The molecular formula is C17H16N2O. The SMILES string of the molecule is ON=CCn1cc(Cc2ccccc2)c2ccccc21. The van der Waals surface area contributed by atoms with Crippen molar-refractivity contribution in [3.63, 3.8) is 0 Å². The Labute approximate surface area is 117 Å². The average molecular weight is 264 g/mol. The van der Waals surface area contributed by atoms with Crippen LogP contribution in [0.5, 0.6) is 0 Å². The number of para-hydroxylation sites is 1. The van der Waals surface area contributed by atoms with Gasteiger partial charge in [-0.3, -0.25) is 0 Å². The Hall–Kier alpha value is -2.55. The molecule has 0 atom stereocenters. The van der Waals surface area contributed by atoms with E-state index in [0.29, 0.717) is 6.54 Å². The van der Waals surface area contributed by atoms with Crippen molar-refractivity contribution in [1.82, 2.24) is 4.57 Å². The van der Waals surface area contributed by atoms with Crippen LogP contribution < -0.4 is 0 Å². The first-order valence-electron chi connectivity index (χ1n) is 6.65. The maximum absolute atomic E-state index is 8.60. The number of hydrogen-bond acceptors (Lipinski definition) is 2. The van der Waals surface area contributed by atoms with Gasteiger partial charge in [0.25, 0.3) is 0 Å². The molecule has 0 fully saturated rings. The standard InChI is InChI=1S/C17H16N2O/c20-18-10-11-19-13-15(12-14-6-2-1-3-7-14)16-8-4-5-9-17(16)19/h1-10,13,20H,11-12H2. The van der Waals surface area contributed by atoms with E-state index in [1.54, 1.807) is 0 Å². The Balaban J connectivity index is 2.02. The molecule has 0 radical (unpaired) electrons. The summed E-state index contributed by atoms with van der Waals surface area (Å²) in [4.78, 5) is 0. The lowest BCUT2D eigenvalue weighted by molar-refractivity contribution is 0.320. The molecule has 0 amide bonds. The van der Waals surface area contributed by atoms with Gasteiger partial charge in [0, 0.05) is 17.1 Å². The molecule has 0 aliphatic carbocycles. The van der Waals surface area contributed by atoms with Crippen molar-refractivity contribution in [3.8, 4) is 0 Å². The molecule has 0 saturated carbocycles. The zero-order valence-corrected chi connectivity index (χ0v) is 11.1. The first kappa shape index (κ1) is 12.5. The minimum absolute atomic E-state index is 0.575. The summed E-state index contributed by atoms with van der Waals surface area (Å²) in [6.07, 6.45) is 4.54. The summed E-state index contributed by atoms with van der Waals surface area (Å²) in [5, 5.41) is 12.9. The first-order valence-corrected chi connectivity index (χ1v) is 6.65. The fraction of sp³-hybridized carbons (Fsp3) is 0.118. The van der Waals surface area contributed by atoms with Crippen molar-refractivity contribution in [2.24, 2.45) is 5.16 Å². The molecule has 0 aliphatic rings. The van der Waals surface area contributed by atoms with Gasteiger partial charge >= 0.3 is 0 Å². The average Bonchev–Trinajstić information content (AvgIpc) is 2.85. The number of rotatable bonds is 4. The van der Waals surface area contributed by atoms with Gasteiger partial charge in [0.05, 0.1) is 12.8 Å². The fourth-order valence-corrected chi connectivity index (χ4v) is 2.56. The van der Waals surface area contributed by atoms with E-state index < -0.39 is 0 Å². The quantitative estimate of drug-likeness (QED) is 0.435. The molecule has 3 heteroatoms. The van der Waals surface area contributed by atoms with Crippen LogP contribution in [0, 0.1) is 0 Å². The predicted molar refractivity (Wildman–Crippen MR) is 81.5 cm³/mol. The van der Waals surface area contributed by atoms with Gasteiger partial charge in [-0.1, -0.05) is 48.5 Å². The van der Waals surface area contributed by atoms with Crippen LogP contribution in [0.25, 0.3) is 10.9 Å². The maximum atomic E-state index is 8.60. The Kier molecular flexibility index (Phi) is 3.50. The van der Waals surface area contributed by atoms with Gasteiger partial charge in [-0.2, -0.15) is 0 Å². The maximum Gasteiger partial charge on any atom is 0.0633 e. The molecule has 0 saturated heterocycles. The molecule has 1 aromatic heterocycles. The lowest BCUT2D eigenvalue weighted by Crippen LogP contribution is -1.96. The minimum atomic E-state index is 0.575. The van der Waals surface area contributed by atoms with E-state index in [0.717, 1.165) is 6.42 Å². The molecule has 100 valence electrons. The molecule has 20 heavy (non-hydrogen) atoms. The van der Waals surface area contributed by atoms with Crippen molar-refractivity contribution in [1.29, 1.82) is 0 Å². The highest BCUT2D eigenvalue weighted by Gasteiger charge is 2.07. The van der Waals surface area contributed by atoms with Crippen molar-refractivity contribution >= 4 is 17.1 Å². The normalized spacial score (nSPS) is 11.4. The molecule has 0 aliphatic heterocycles. The van der Waals surface area contributed by atoms with Crippen molar-refractivity contribution in [2.45, 2.75) is 13.0 Å². The molecule has 3 rings (SSSR count). The van der Waals surface area contributed by atoms with Crippen LogP contribution in [-0.4, -0.2) is 16.0 Å². The van der Waals surface area contributed by atoms with Crippen LogP contribution in [0.2, 0.25) is 0 Å². The van der Waals surface area contributed by atoms with Crippen LogP contribution in [-0.2, 0) is 13.0 Å². The van der Waals surface area contributed by atoms with Gasteiger partial charge in [-0.15, -0.1) is 5.16 Å². The van der Waals surface area contributed by atoms with Crippen molar-refractivity contribution < 1.29 is 5.21 Å². The molecule has 3 aromatic rings.